The lowest BCUT2D eigenvalue weighted by molar-refractivity contribution is 0.0787. The summed E-state index contributed by atoms with van der Waals surface area (Å²) < 4.78 is 1.58. The zero-order valence-corrected chi connectivity index (χ0v) is 11.0. The Kier molecular flexibility index (Phi) is 3.21. The summed E-state index contributed by atoms with van der Waals surface area (Å²) in [7, 11) is 0. The summed E-state index contributed by atoms with van der Waals surface area (Å²) in [4.78, 5) is 14.0. The molecule has 6 heteroatoms. The Labute approximate surface area is 115 Å². The van der Waals surface area contributed by atoms with Crippen LogP contribution >= 0.6 is 11.6 Å². The van der Waals surface area contributed by atoms with Gasteiger partial charge in [-0.3, -0.25) is 4.79 Å². The molecule has 19 heavy (non-hydrogen) atoms. The highest BCUT2D eigenvalue weighted by molar-refractivity contribution is 6.30. The van der Waals surface area contributed by atoms with Gasteiger partial charge >= 0.3 is 0 Å². The van der Waals surface area contributed by atoms with E-state index in [9.17, 15) is 4.79 Å². The van der Waals surface area contributed by atoms with Gasteiger partial charge in [-0.25, -0.2) is 4.68 Å². The summed E-state index contributed by atoms with van der Waals surface area (Å²) in [6.07, 6.45) is 3.79. The van der Waals surface area contributed by atoms with Crippen LogP contribution in [0.1, 0.15) is 23.3 Å². The normalized spacial score (nSPS) is 14.9. The van der Waals surface area contributed by atoms with Crippen LogP contribution in [0.3, 0.4) is 0 Å². The predicted molar refractivity (Wildman–Crippen MR) is 71.5 cm³/mol. The zero-order valence-electron chi connectivity index (χ0n) is 10.3. The van der Waals surface area contributed by atoms with Crippen LogP contribution in [0.5, 0.6) is 0 Å². The second-order valence-electron chi connectivity index (χ2n) is 4.52. The smallest absolute Gasteiger partial charge is 0.276 e. The van der Waals surface area contributed by atoms with Gasteiger partial charge < -0.3 is 4.90 Å². The maximum Gasteiger partial charge on any atom is 0.276 e. The lowest BCUT2D eigenvalue weighted by Gasteiger charge is -2.12. The largest absolute Gasteiger partial charge is 0.337 e. The van der Waals surface area contributed by atoms with Crippen LogP contribution in [0.15, 0.2) is 30.5 Å². The Morgan fingerprint density at radius 3 is 2.53 bits per heavy atom. The lowest BCUT2D eigenvalue weighted by atomic mass is 10.3. The van der Waals surface area contributed by atoms with Crippen LogP contribution in [-0.2, 0) is 0 Å². The number of nitrogens with zero attached hydrogens (tertiary/aromatic N) is 4. The monoisotopic (exact) mass is 276 g/mol. The highest BCUT2D eigenvalue weighted by Crippen LogP contribution is 2.14. The standard InChI is InChI=1S/C13H13ClN4O/c14-10-3-5-11(6-4-10)18-9-12(15-16-18)13(19)17-7-1-2-8-17/h3-6,9H,1-2,7-8H2. The fourth-order valence-electron chi connectivity index (χ4n) is 2.16. The first-order chi connectivity index (χ1) is 9.24. The van der Waals surface area contributed by atoms with Crippen molar-refractivity contribution in [1.29, 1.82) is 0 Å². The highest BCUT2D eigenvalue weighted by atomic mass is 35.5. The fourth-order valence-corrected chi connectivity index (χ4v) is 2.29. The SMILES string of the molecule is O=C(c1cn(-c2ccc(Cl)cc2)nn1)N1CCCC1. The molecule has 0 unspecified atom stereocenters. The third-order valence-corrected chi connectivity index (χ3v) is 3.45. The number of aromatic nitrogens is 3. The summed E-state index contributed by atoms with van der Waals surface area (Å²) >= 11 is 5.83. The van der Waals surface area contributed by atoms with Crippen LogP contribution in [0.2, 0.25) is 5.02 Å². The Hall–Kier alpha value is -1.88. The molecule has 0 N–H and O–H groups in total. The molecular formula is C13H13ClN4O. The van der Waals surface area contributed by atoms with Gasteiger partial charge in [0.15, 0.2) is 5.69 Å². The van der Waals surface area contributed by atoms with E-state index in [4.69, 9.17) is 11.6 Å². The van der Waals surface area contributed by atoms with E-state index >= 15 is 0 Å². The average molecular weight is 277 g/mol. The molecule has 0 spiro atoms. The van der Waals surface area contributed by atoms with Crippen LogP contribution in [0.4, 0.5) is 0 Å². The summed E-state index contributed by atoms with van der Waals surface area (Å²) in [5.41, 5.74) is 1.22. The quantitative estimate of drug-likeness (QED) is 0.845. The predicted octanol–water partition coefficient (Wildman–Crippen LogP) is 2.16. The van der Waals surface area contributed by atoms with E-state index in [0.717, 1.165) is 31.6 Å². The third kappa shape index (κ3) is 2.46. The van der Waals surface area contributed by atoms with Crippen molar-refractivity contribution in [3.63, 3.8) is 0 Å². The molecule has 2 heterocycles. The average Bonchev–Trinajstić information content (AvgIpc) is 3.10. The first-order valence-corrected chi connectivity index (χ1v) is 6.59. The molecule has 1 saturated heterocycles. The van der Waals surface area contributed by atoms with E-state index < -0.39 is 0 Å². The topological polar surface area (TPSA) is 51.0 Å². The molecule has 1 aromatic heterocycles. The van der Waals surface area contributed by atoms with Crippen molar-refractivity contribution in [3.05, 3.63) is 41.2 Å². The summed E-state index contributed by atoms with van der Waals surface area (Å²) in [5.74, 6) is -0.0438. The number of likely N-dealkylation sites (tertiary alicyclic amines) is 1. The molecule has 0 radical (unpaired) electrons. The van der Waals surface area contributed by atoms with Crippen LogP contribution in [0, 0.1) is 0 Å². The van der Waals surface area contributed by atoms with Gasteiger partial charge in [0.05, 0.1) is 11.9 Å². The zero-order chi connectivity index (χ0) is 13.2. The summed E-state index contributed by atoms with van der Waals surface area (Å²) in [6.45, 7) is 1.62. The number of hydrogen-bond donors (Lipinski definition) is 0. The number of amides is 1. The van der Waals surface area contributed by atoms with Crippen molar-refractivity contribution in [2.45, 2.75) is 12.8 Å². The number of hydrogen-bond acceptors (Lipinski definition) is 3. The number of benzene rings is 1. The van der Waals surface area contributed by atoms with Crippen molar-refractivity contribution in [3.8, 4) is 5.69 Å². The van der Waals surface area contributed by atoms with Gasteiger partial charge in [-0.15, -0.1) is 5.10 Å². The van der Waals surface area contributed by atoms with Crippen LogP contribution < -0.4 is 0 Å². The van der Waals surface area contributed by atoms with E-state index in [0.29, 0.717) is 10.7 Å². The van der Waals surface area contributed by atoms with Crippen molar-refractivity contribution >= 4 is 17.5 Å². The molecule has 3 rings (SSSR count). The van der Waals surface area contributed by atoms with Crippen molar-refractivity contribution in [2.24, 2.45) is 0 Å². The Morgan fingerprint density at radius 1 is 1.16 bits per heavy atom. The minimum absolute atomic E-state index is 0.0438. The second kappa shape index (κ2) is 5.01. The Balaban J connectivity index is 1.82. The first kappa shape index (κ1) is 12.2. The van der Waals surface area contributed by atoms with E-state index in [1.807, 2.05) is 17.0 Å². The first-order valence-electron chi connectivity index (χ1n) is 6.21. The Bertz CT molecular complexity index is 587. The number of carbonyl (C=O) groups excluding carboxylic acids is 1. The molecular weight excluding hydrogens is 264 g/mol. The maximum atomic E-state index is 12.1. The Morgan fingerprint density at radius 2 is 1.84 bits per heavy atom. The molecule has 98 valence electrons. The van der Waals surface area contributed by atoms with Gasteiger partial charge in [-0.05, 0) is 37.1 Å². The number of rotatable bonds is 2. The molecule has 2 aromatic rings. The molecule has 1 fully saturated rings. The van der Waals surface area contributed by atoms with Crippen molar-refractivity contribution in [2.75, 3.05) is 13.1 Å². The van der Waals surface area contributed by atoms with Gasteiger partial charge in [0.2, 0.25) is 0 Å². The third-order valence-electron chi connectivity index (χ3n) is 3.20. The van der Waals surface area contributed by atoms with Gasteiger partial charge in [0.1, 0.15) is 0 Å². The van der Waals surface area contributed by atoms with E-state index in [1.165, 1.54) is 0 Å². The van der Waals surface area contributed by atoms with Crippen molar-refractivity contribution in [1.82, 2.24) is 19.9 Å². The molecule has 0 saturated carbocycles. The van der Waals surface area contributed by atoms with Gasteiger partial charge in [0.25, 0.3) is 5.91 Å². The molecule has 1 aromatic carbocycles. The second-order valence-corrected chi connectivity index (χ2v) is 4.96. The van der Waals surface area contributed by atoms with Gasteiger partial charge in [-0.1, -0.05) is 16.8 Å². The molecule has 5 nitrogen and oxygen atoms in total. The number of halogens is 1. The summed E-state index contributed by atoms with van der Waals surface area (Å²) in [6, 6.07) is 7.23. The van der Waals surface area contributed by atoms with Crippen LogP contribution in [-0.4, -0.2) is 38.9 Å². The molecule has 0 bridgehead atoms. The minimum atomic E-state index is -0.0438. The molecule has 1 amide bonds. The van der Waals surface area contributed by atoms with Crippen LogP contribution in [0.25, 0.3) is 5.69 Å². The molecule has 1 aliphatic rings. The van der Waals surface area contributed by atoms with E-state index in [1.54, 1.807) is 23.0 Å². The van der Waals surface area contributed by atoms with Gasteiger partial charge in [0, 0.05) is 18.1 Å². The number of carbonyl (C=O) groups is 1. The molecule has 0 aliphatic carbocycles. The fraction of sp³-hybridized carbons (Fsp3) is 0.308. The minimum Gasteiger partial charge on any atom is -0.337 e. The highest BCUT2D eigenvalue weighted by Gasteiger charge is 2.22. The van der Waals surface area contributed by atoms with Gasteiger partial charge in [-0.2, -0.15) is 0 Å². The van der Waals surface area contributed by atoms with E-state index in [2.05, 4.69) is 10.3 Å². The summed E-state index contributed by atoms with van der Waals surface area (Å²) in [5, 5.41) is 8.60. The maximum absolute atomic E-state index is 12.1. The molecule has 1 aliphatic heterocycles. The lowest BCUT2D eigenvalue weighted by Crippen LogP contribution is -2.27. The van der Waals surface area contributed by atoms with E-state index in [-0.39, 0.29) is 5.91 Å². The van der Waals surface area contributed by atoms with Crippen molar-refractivity contribution < 1.29 is 4.79 Å². The molecule has 0 atom stereocenters.